The minimum Gasteiger partial charge on any atom is -0.383 e. The SMILES string of the molecule is CC(C)CC(O)C(=O)NC1CNC1.Cl. The van der Waals surface area contributed by atoms with Crippen molar-refractivity contribution in [3.05, 3.63) is 0 Å². The van der Waals surface area contributed by atoms with Crippen molar-refractivity contribution in [1.29, 1.82) is 0 Å². The van der Waals surface area contributed by atoms with Gasteiger partial charge in [0.1, 0.15) is 6.10 Å². The van der Waals surface area contributed by atoms with Crippen LogP contribution in [0.3, 0.4) is 0 Å². The number of hydrogen-bond donors (Lipinski definition) is 3. The second-order valence-electron chi connectivity index (χ2n) is 4.01. The molecule has 1 unspecified atom stereocenters. The van der Waals surface area contributed by atoms with Gasteiger partial charge in [0.25, 0.3) is 0 Å². The van der Waals surface area contributed by atoms with Crippen molar-refractivity contribution in [3.8, 4) is 0 Å². The van der Waals surface area contributed by atoms with Crippen LogP contribution in [0.4, 0.5) is 0 Å². The summed E-state index contributed by atoms with van der Waals surface area (Å²) in [7, 11) is 0. The maximum atomic E-state index is 11.3. The van der Waals surface area contributed by atoms with Crippen molar-refractivity contribution in [3.63, 3.8) is 0 Å². The van der Waals surface area contributed by atoms with Crippen LogP contribution >= 0.6 is 12.4 Å². The van der Waals surface area contributed by atoms with E-state index in [1.807, 2.05) is 13.8 Å². The Balaban J connectivity index is 0.00000169. The van der Waals surface area contributed by atoms with Gasteiger partial charge < -0.3 is 15.7 Å². The van der Waals surface area contributed by atoms with Crippen LogP contribution in [0, 0.1) is 5.92 Å². The van der Waals surface area contributed by atoms with E-state index in [2.05, 4.69) is 10.6 Å². The summed E-state index contributed by atoms with van der Waals surface area (Å²) in [6.45, 7) is 5.61. The first-order valence-electron chi connectivity index (χ1n) is 4.78. The molecule has 1 atom stereocenters. The number of halogens is 1. The minimum atomic E-state index is -0.847. The molecule has 0 aromatic heterocycles. The molecule has 1 aliphatic heterocycles. The van der Waals surface area contributed by atoms with Crippen molar-refractivity contribution >= 4 is 18.3 Å². The van der Waals surface area contributed by atoms with Gasteiger partial charge in [-0.25, -0.2) is 0 Å². The molecule has 0 aliphatic carbocycles. The predicted octanol–water partition coefficient (Wildman–Crippen LogP) is -0.0968. The molecule has 3 N–H and O–H groups in total. The van der Waals surface area contributed by atoms with Crippen molar-refractivity contribution in [1.82, 2.24) is 10.6 Å². The molecule has 1 amide bonds. The summed E-state index contributed by atoms with van der Waals surface area (Å²) in [5.41, 5.74) is 0. The highest BCUT2D eigenvalue weighted by molar-refractivity contribution is 5.85. The minimum absolute atomic E-state index is 0. The zero-order valence-electron chi connectivity index (χ0n) is 8.62. The normalized spacial score (nSPS) is 18.3. The Morgan fingerprint density at radius 3 is 2.50 bits per heavy atom. The lowest BCUT2D eigenvalue weighted by molar-refractivity contribution is -0.131. The van der Waals surface area contributed by atoms with Crippen LogP contribution in [0.25, 0.3) is 0 Å². The van der Waals surface area contributed by atoms with E-state index in [1.54, 1.807) is 0 Å². The van der Waals surface area contributed by atoms with Gasteiger partial charge in [-0.1, -0.05) is 13.8 Å². The van der Waals surface area contributed by atoms with Gasteiger partial charge >= 0.3 is 0 Å². The Labute approximate surface area is 90.9 Å². The molecule has 0 spiro atoms. The lowest BCUT2D eigenvalue weighted by Gasteiger charge is -2.29. The quantitative estimate of drug-likeness (QED) is 0.623. The molecular weight excluding hydrogens is 204 g/mol. The molecule has 0 aromatic carbocycles. The lowest BCUT2D eigenvalue weighted by Crippen LogP contribution is -2.58. The number of hydrogen-bond acceptors (Lipinski definition) is 3. The number of carbonyl (C=O) groups is 1. The van der Waals surface area contributed by atoms with Crippen LogP contribution < -0.4 is 10.6 Å². The van der Waals surface area contributed by atoms with Crippen molar-refractivity contribution in [2.45, 2.75) is 32.4 Å². The van der Waals surface area contributed by atoms with Crippen LogP contribution in [0.1, 0.15) is 20.3 Å². The number of amides is 1. The molecule has 4 nitrogen and oxygen atoms in total. The molecule has 1 saturated heterocycles. The van der Waals surface area contributed by atoms with Gasteiger partial charge in [0.05, 0.1) is 6.04 Å². The molecule has 0 radical (unpaired) electrons. The average Bonchev–Trinajstić information content (AvgIpc) is 1.94. The van der Waals surface area contributed by atoms with Crippen molar-refractivity contribution in [2.75, 3.05) is 13.1 Å². The second-order valence-corrected chi connectivity index (χ2v) is 4.01. The first-order chi connectivity index (χ1) is 6.09. The third-order valence-corrected chi connectivity index (χ3v) is 2.13. The molecular formula is C9H19ClN2O2. The fourth-order valence-corrected chi connectivity index (χ4v) is 1.24. The topological polar surface area (TPSA) is 61.4 Å². The Bertz CT molecular complexity index is 184. The van der Waals surface area contributed by atoms with Crippen molar-refractivity contribution in [2.24, 2.45) is 5.92 Å². The fraction of sp³-hybridized carbons (Fsp3) is 0.889. The maximum absolute atomic E-state index is 11.3. The standard InChI is InChI=1S/C9H18N2O2.ClH/c1-6(2)3-8(12)9(13)11-7-4-10-5-7;/h6-8,10,12H,3-5H2,1-2H3,(H,11,13);1H. The molecule has 1 fully saturated rings. The van der Waals surface area contributed by atoms with Crippen LogP contribution in [0.2, 0.25) is 0 Å². The van der Waals surface area contributed by atoms with E-state index in [-0.39, 0.29) is 24.4 Å². The van der Waals surface area contributed by atoms with Gasteiger partial charge in [0.15, 0.2) is 0 Å². The van der Waals surface area contributed by atoms with E-state index in [1.165, 1.54) is 0 Å². The van der Waals surface area contributed by atoms with Crippen LogP contribution in [-0.2, 0) is 4.79 Å². The number of carbonyl (C=O) groups excluding carboxylic acids is 1. The van der Waals surface area contributed by atoms with Gasteiger partial charge in [0, 0.05) is 13.1 Å². The lowest BCUT2D eigenvalue weighted by atomic mass is 10.0. The van der Waals surface area contributed by atoms with Gasteiger partial charge in [-0.3, -0.25) is 4.79 Å². The highest BCUT2D eigenvalue weighted by Gasteiger charge is 2.23. The Morgan fingerprint density at radius 2 is 2.14 bits per heavy atom. The molecule has 1 heterocycles. The third kappa shape index (κ3) is 4.26. The van der Waals surface area contributed by atoms with E-state index in [0.29, 0.717) is 12.3 Å². The summed E-state index contributed by atoms with van der Waals surface area (Å²) in [5, 5.41) is 15.2. The fourth-order valence-electron chi connectivity index (χ4n) is 1.24. The molecule has 14 heavy (non-hydrogen) atoms. The summed E-state index contributed by atoms with van der Waals surface area (Å²) >= 11 is 0. The van der Waals surface area contributed by atoms with Gasteiger partial charge in [-0.2, -0.15) is 0 Å². The van der Waals surface area contributed by atoms with E-state index >= 15 is 0 Å². The summed E-state index contributed by atoms with van der Waals surface area (Å²) in [4.78, 5) is 11.3. The van der Waals surface area contributed by atoms with Gasteiger partial charge in [-0.05, 0) is 12.3 Å². The maximum Gasteiger partial charge on any atom is 0.249 e. The second kappa shape index (κ2) is 6.22. The molecule has 1 rings (SSSR count). The average molecular weight is 223 g/mol. The zero-order chi connectivity index (χ0) is 9.84. The van der Waals surface area contributed by atoms with E-state index in [0.717, 1.165) is 13.1 Å². The Kier molecular flexibility index (Phi) is 6.08. The number of aliphatic hydroxyl groups is 1. The van der Waals surface area contributed by atoms with E-state index < -0.39 is 6.10 Å². The molecule has 84 valence electrons. The highest BCUT2D eigenvalue weighted by Crippen LogP contribution is 2.05. The monoisotopic (exact) mass is 222 g/mol. The molecule has 0 bridgehead atoms. The Hall–Kier alpha value is -0.320. The van der Waals surface area contributed by atoms with Crippen molar-refractivity contribution < 1.29 is 9.90 Å². The zero-order valence-corrected chi connectivity index (χ0v) is 9.43. The summed E-state index contributed by atoms with van der Waals surface area (Å²) in [6.07, 6.45) is -0.313. The summed E-state index contributed by atoms with van der Waals surface area (Å²) in [6, 6.07) is 0.217. The Morgan fingerprint density at radius 1 is 1.57 bits per heavy atom. The van der Waals surface area contributed by atoms with Gasteiger partial charge in [-0.15, -0.1) is 12.4 Å². The van der Waals surface area contributed by atoms with E-state index in [9.17, 15) is 9.90 Å². The smallest absolute Gasteiger partial charge is 0.249 e. The van der Waals surface area contributed by atoms with Crippen LogP contribution in [0.15, 0.2) is 0 Å². The number of rotatable bonds is 4. The largest absolute Gasteiger partial charge is 0.383 e. The highest BCUT2D eigenvalue weighted by atomic mass is 35.5. The molecule has 5 heteroatoms. The third-order valence-electron chi connectivity index (χ3n) is 2.13. The molecule has 0 saturated carbocycles. The van der Waals surface area contributed by atoms with E-state index in [4.69, 9.17) is 0 Å². The first kappa shape index (κ1) is 13.7. The van der Waals surface area contributed by atoms with Crippen LogP contribution in [-0.4, -0.2) is 36.2 Å². The first-order valence-corrected chi connectivity index (χ1v) is 4.78. The van der Waals surface area contributed by atoms with Gasteiger partial charge in [0.2, 0.25) is 5.91 Å². The molecule has 1 aliphatic rings. The number of aliphatic hydroxyl groups excluding tert-OH is 1. The molecule has 0 aromatic rings. The van der Waals surface area contributed by atoms with Crippen LogP contribution in [0.5, 0.6) is 0 Å². The number of nitrogens with one attached hydrogen (secondary N) is 2. The summed E-state index contributed by atoms with van der Waals surface area (Å²) < 4.78 is 0. The summed E-state index contributed by atoms with van der Waals surface area (Å²) in [5.74, 6) is 0.112. The predicted molar refractivity (Wildman–Crippen MR) is 57.5 cm³/mol.